The molecule has 3 unspecified atom stereocenters. The van der Waals surface area contributed by atoms with Gasteiger partial charge in [-0.15, -0.1) is 24.0 Å². The van der Waals surface area contributed by atoms with E-state index < -0.39 is 0 Å². The van der Waals surface area contributed by atoms with Crippen molar-refractivity contribution >= 4 is 29.9 Å². The van der Waals surface area contributed by atoms with Crippen molar-refractivity contribution < 1.29 is 4.74 Å². The molecule has 0 spiro atoms. The van der Waals surface area contributed by atoms with Crippen LogP contribution in [0.3, 0.4) is 0 Å². The van der Waals surface area contributed by atoms with Crippen molar-refractivity contribution in [3.05, 3.63) is 34.9 Å². The smallest absolute Gasteiger partial charge is 0.191 e. The van der Waals surface area contributed by atoms with Gasteiger partial charge >= 0.3 is 0 Å². The van der Waals surface area contributed by atoms with Crippen LogP contribution in [-0.2, 0) is 11.3 Å². The minimum absolute atomic E-state index is 0. The number of fused-ring (bicyclic) bond motifs is 2. The van der Waals surface area contributed by atoms with Crippen molar-refractivity contribution in [1.82, 2.24) is 10.6 Å². The molecule has 128 valence electrons. The highest BCUT2D eigenvalue weighted by molar-refractivity contribution is 14.0. The lowest BCUT2D eigenvalue weighted by Gasteiger charge is -2.22. The molecule has 0 saturated carbocycles. The zero-order valence-corrected chi connectivity index (χ0v) is 16.6. The van der Waals surface area contributed by atoms with Crippen LogP contribution in [0.2, 0.25) is 0 Å². The zero-order chi connectivity index (χ0) is 15.5. The van der Waals surface area contributed by atoms with E-state index in [0.29, 0.717) is 24.8 Å². The van der Waals surface area contributed by atoms with Crippen molar-refractivity contribution in [2.45, 2.75) is 64.8 Å². The fourth-order valence-corrected chi connectivity index (χ4v) is 3.47. The number of nitrogens with one attached hydrogen (secondary N) is 2. The molecule has 4 nitrogen and oxygen atoms in total. The molecule has 0 aromatic heterocycles. The lowest BCUT2D eigenvalue weighted by Crippen LogP contribution is -2.47. The van der Waals surface area contributed by atoms with Crippen molar-refractivity contribution in [2.24, 2.45) is 4.99 Å². The van der Waals surface area contributed by atoms with Gasteiger partial charge in [0.1, 0.15) is 0 Å². The number of rotatable bonds is 4. The number of halogens is 1. The largest absolute Gasteiger partial charge is 0.373 e. The maximum atomic E-state index is 5.91. The van der Waals surface area contributed by atoms with Gasteiger partial charge in [0.05, 0.1) is 24.8 Å². The van der Waals surface area contributed by atoms with E-state index in [9.17, 15) is 0 Å². The average Bonchev–Trinajstić information content (AvgIpc) is 3.09. The van der Waals surface area contributed by atoms with E-state index in [4.69, 9.17) is 9.73 Å². The molecule has 2 bridgehead atoms. The van der Waals surface area contributed by atoms with Crippen LogP contribution in [0.15, 0.2) is 23.2 Å². The Labute approximate surface area is 156 Å². The van der Waals surface area contributed by atoms with Gasteiger partial charge in [-0.1, -0.05) is 23.8 Å². The second-order valence-electron chi connectivity index (χ2n) is 6.49. The fraction of sp³-hybridized carbons (Fsp3) is 0.611. The molecule has 2 N–H and O–H groups in total. The number of nitrogens with zero attached hydrogens (tertiary/aromatic N) is 1. The number of ether oxygens (including phenoxy) is 1. The summed E-state index contributed by atoms with van der Waals surface area (Å²) in [6.07, 6.45) is 4.34. The Balaban J connectivity index is 0.00000192. The Kier molecular flexibility index (Phi) is 6.71. The van der Waals surface area contributed by atoms with Gasteiger partial charge in [0.25, 0.3) is 0 Å². The van der Waals surface area contributed by atoms with Crippen LogP contribution in [0, 0.1) is 13.8 Å². The Bertz CT molecular complexity index is 561. The molecule has 1 aromatic carbocycles. The van der Waals surface area contributed by atoms with Crippen LogP contribution in [0.1, 0.15) is 42.9 Å². The number of benzene rings is 1. The molecule has 2 heterocycles. The predicted octanol–water partition coefficient (Wildman–Crippen LogP) is 3.30. The lowest BCUT2D eigenvalue weighted by molar-refractivity contribution is 0.0992. The second kappa shape index (κ2) is 8.33. The van der Waals surface area contributed by atoms with E-state index in [1.807, 2.05) is 0 Å². The van der Waals surface area contributed by atoms with Gasteiger partial charge in [0.15, 0.2) is 5.96 Å². The average molecular weight is 429 g/mol. The van der Waals surface area contributed by atoms with Gasteiger partial charge in [0, 0.05) is 6.54 Å². The van der Waals surface area contributed by atoms with Crippen LogP contribution in [0.25, 0.3) is 0 Å². The van der Waals surface area contributed by atoms with E-state index in [0.717, 1.165) is 18.9 Å². The summed E-state index contributed by atoms with van der Waals surface area (Å²) in [7, 11) is 0. The molecule has 2 fully saturated rings. The Morgan fingerprint density at radius 3 is 2.74 bits per heavy atom. The first kappa shape index (κ1) is 18.5. The first-order valence-electron chi connectivity index (χ1n) is 8.42. The van der Waals surface area contributed by atoms with E-state index in [2.05, 4.69) is 49.6 Å². The zero-order valence-electron chi connectivity index (χ0n) is 14.3. The fourth-order valence-electron chi connectivity index (χ4n) is 3.47. The third-order valence-electron chi connectivity index (χ3n) is 4.68. The minimum atomic E-state index is 0. The number of guanidine groups is 1. The highest BCUT2D eigenvalue weighted by Gasteiger charge is 2.41. The van der Waals surface area contributed by atoms with Crippen LogP contribution >= 0.6 is 24.0 Å². The molecule has 5 heteroatoms. The van der Waals surface area contributed by atoms with Gasteiger partial charge in [-0.2, -0.15) is 0 Å². The summed E-state index contributed by atoms with van der Waals surface area (Å²) in [6, 6.07) is 6.96. The van der Waals surface area contributed by atoms with E-state index in [1.54, 1.807) is 0 Å². The molecule has 0 radical (unpaired) electrons. The molecular formula is C18H28IN3O. The number of hydrogen-bond acceptors (Lipinski definition) is 2. The van der Waals surface area contributed by atoms with Crippen LogP contribution in [0.4, 0.5) is 0 Å². The van der Waals surface area contributed by atoms with Crippen molar-refractivity contribution in [1.29, 1.82) is 0 Å². The second-order valence-corrected chi connectivity index (χ2v) is 6.49. The molecule has 0 amide bonds. The molecule has 23 heavy (non-hydrogen) atoms. The molecule has 2 aliphatic heterocycles. The maximum Gasteiger partial charge on any atom is 0.191 e. The summed E-state index contributed by atoms with van der Waals surface area (Å²) in [5, 5.41) is 6.92. The Morgan fingerprint density at radius 2 is 2.13 bits per heavy atom. The summed E-state index contributed by atoms with van der Waals surface area (Å²) < 4.78 is 5.91. The van der Waals surface area contributed by atoms with Crippen LogP contribution in [-0.4, -0.2) is 30.8 Å². The third-order valence-corrected chi connectivity index (χ3v) is 4.68. The molecule has 2 aliphatic rings. The molecule has 2 saturated heterocycles. The quantitative estimate of drug-likeness (QED) is 0.439. The van der Waals surface area contributed by atoms with Crippen LogP contribution < -0.4 is 10.6 Å². The summed E-state index contributed by atoms with van der Waals surface area (Å²) in [5.74, 6) is 0.906. The van der Waals surface area contributed by atoms with Crippen LogP contribution in [0.5, 0.6) is 0 Å². The summed E-state index contributed by atoms with van der Waals surface area (Å²) >= 11 is 0. The monoisotopic (exact) mass is 429 g/mol. The number of aliphatic imine (C=N–C) groups is 1. The highest BCUT2D eigenvalue weighted by Crippen LogP contribution is 2.34. The molecule has 0 aliphatic carbocycles. The standard InChI is InChI=1S/C18H27N3O.HI/c1-4-19-18(21-16-10-15-7-8-17(16)22-15)20-11-14-6-5-12(2)9-13(14)3;/h5-6,9,15-17H,4,7-8,10-11H2,1-3H3,(H2,19,20,21);1H. The Morgan fingerprint density at radius 1 is 1.30 bits per heavy atom. The summed E-state index contributed by atoms with van der Waals surface area (Å²) in [6.45, 7) is 7.97. The third kappa shape index (κ3) is 4.59. The molecular weight excluding hydrogens is 401 g/mol. The summed E-state index contributed by atoms with van der Waals surface area (Å²) in [4.78, 5) is 4.76. The Hall–Kier alpha value is -0.820. The number of hydrogen-bond donors (Lipinski definition) is 2. The van der Waals surface area contributed by atoms with Crippen molar-refractivity contribution in [2.75, 3.05) is 6.54 Å². The van der Waals surface area contributed by atoms with Crippen molar-refractivity contribution in [3.63, 3.8) is 0 Å². The predicted molar refractivity (Wildman–Crippen MR) is 106 cm³/mol. The SMILES string of the molecule is CCNC(=NCc1ccc(C)cc1C)NC1CC2CCC1O2.I. The first-order valence-corrected chi connectivity index (χ1v) is 8.42. The maximum absolute atomic E-state index is 5.91. The van der Waals surface area contributed by atoms with E-state index in [-0.39, 0.29) is 24.0 Å². The van der Waals surface area contributed by atoms with E-state index >= 15 is 0 Å². The topological polar surface area (TPSA) is 45.7 Å². The van der Waals surface area contributed by atoms with Gasteiger partial charge in [-0.05, 0) is 51.2 Å². The van der Waals surface area contributed by atoms with Gasteiger partial charge in [-0.3, -0.25) is 0 Å². The highest BCUT2D eigenvalue weighted by atomic mass is 127. The van der Waals surface area contributed by atoms with E-state index in [1.165, 1.54) is 29.5 Å². The first-order chi connectivity index (χ1) is 10.7. The van der Waals surface area contributed by atoms with Crippen molar-refractivity contribution in [3.8, 4) is 0 Å². The molecule has 1 aromatic rings. The van der Waals surface area contributed by atoms with Gasteiger partial charge < -0.3 is 15.4 Å². The molecule has 3 rings (SSSR count). The lowest BCUT2D eigenvalue weighted by atomic mass is 9.96. The minimum Gasteiger partial charge on any atom is -0.373 e. The number of aryl methyl sites for hydroxylation is 2. The molecule has 3 atom stereocenters. The van der Waals surface area contributed by atoms with Gasteiger partial charge in [0.2, 0.25) is 0 Å². The summed E-state index contributed by atoms with van der Waals surface area (Å²) in [5.41, 5.74) is 3.89. The van der Waals surface area contributed by atoms with Gasteiger partial charge in [-0.25, -0.2) is 4.99 Å². The normalized spacial score (nSPS) is 26.0.